The van der Waals surface area contributed by atoms with Gasteiger partial charge in [-0.1, -0.05) is 19.9 Å². The van der Waals surface area contributed by atoms with E-state index in [9.17, 15) is 9.18 Å². The highest BCUT2D eigenvalue weighted by atomic mass is 19.1. The summed E-state index contributed by atoms with van der Waals surface area (Å²) in [6.07, 6.45) is -0.120. The number of benzene rings is 1. The second-order valence-electron chi connectivity index (χ2n) is 6.20. The molecule has 2 rings (SSSR count). The van der Waals surface area contributed by atoms with Gasteiger partial charge in [0.1, 0.15) is 18.5 Å². The maximum absolute atomic E-state index is 13.2. The van der Waals surface area contributed by atoms with E-state index in [1.54, 1.807) is 13.0 Å². The molecule has 0 radical (unpaired) electrons. The number of morpholine rings is 1. The topological polar surface area (TPSA) is 38.8 Å². The predicted molar refractivity (Wildman–Crippen MR) is 82.4 cm³/mol. The van der Waals surface area contributed by atoms with Crippen LogP contribution in [-0.2, 0) is 9.47 Å². The van der Waals surface area contributed by atoms with Gasteiger partial charge in [0.25, 0.3) is 0 Å². The number of halogens is 1. The Bertz CT molecular complexity index is 519. The SMILES string of the molecule is Cc1ccc(F)cc1C(=O)OCC1CN(CC(C)C)CCO1. The molecule has 0 aromatic heterocycles. The lowest BCUT2D eigenvalue weighted by atomic mass is 10.1. The van der Waals surface area contributed by atoms with Crippen LogP contribution < -0.4 is 0 Å². The van der Waals surface area contributed by atoms with Gasteiger partial charge in [-0.25, -0.2) is 9.18 Å². The minimum atomic E-state index is -0.499. The molecule has 1 aromatic carbocycles. The summed E-state index contributed by atoms with van der Waals surface area (Å²) in [4.78, 5) is 14.4. The van der Waals surface area contributed by atoms with Crippen LogP contribution in [0.15, 0.2) is 18.2 Å². The van der Waals surface area contributed by atoms with E-state index >= 15 is 0 Å². The van der Waals surface area contributed by atoms with Crippen molar-refractivity contribution in [3.8, 4) is 0 Å². The zero-order chi connectivity index (χ0) is 16.1. The van der Waals surface area contributed by atoms with Crippen LogP contribution in [0.25, 0.3) is 0 Å². The van der Waals surface area contributed by atoms with Crippen molar-refractivity contribution in [3.05, 3.63) is 35.1 Å². The Balaban J connectivity index is 1.86. The van der Waals surface area contributed by atoms with Crippen LogP contribution in [0.3, 0.4) is 0 Å². The summed E-state index contributed by atoms with van der Waals surface area (Å²) in [5.74, 6) is -0.340. The average Bonchev–Trinajstić information content (AvgIpc) is 2.47. The molecule has 22 heavy (non-hydrogen) atoms. The van der Waals surface area contributed by atoms with Crippen molar-refractivity contribution in [2.75, 3.05) is 32.8 Å². The number of nitrogens with zero attached hydrogens (tertiary/aromatic N) is 1. The van der Waals surface area contributed by atoms with Gasteiger partial charge in [-0.2, -0.15) is 0 Å². The third-order valence-corrected chi connectivity index (χ3v) is 3.67. The maximum atomic E-state index is 13.2. The zero-order valence-electron chi connectivity index (χ0n) is 13.5. The highest BCUT2D eigenvalue weighted by molar-refractivity contribution is 5.91. The van der Waals surface area contributed by atoms with Crippen molar-refractivity contribution in [3.63, 3.8) is 0 Å². The van der Waals surface area contributed by atoms with Gasteiger partial charge in [0.2, 0.25) is 0 Å². The molecular weight excluding hydrogens is 285 g/mol. The summed E-state index contributed by atoms with van der Waals surface area (Å²) >= 11 is 0. The van der Waals surface area contributed by atoms with Crippen molar-refractivity contribution >= 4 is 5.97 Å². The number of carbonyl (C=O) groups excluding carboxylic acids is 1. The van der Waals surface area contributed by atoms with Crippen molar-refractivity contribution in [2.24, 2.45) is 5.92 Å². The third-order valence-electron chi connectivity index (χ3n) is 3.67. The molecular formula is C17H24FNO3. The largest absolute Gasteiger partial charge is 0.459 e. The lowest BCUT2D eigenvalue weighted by Crippen LogP contribution is -2.45. The van der Waals surface area contributed by atoms with E-state index in [0.29, 0.717) is 18.1 Å². The van der Waals surface area contributed by atoms with Crippen LogP contribution in [0.4, 0.5) is 4.39 Å². The number of hydrogen-bond acceptors (Lipinski definition) is 4. The van der Waals surface area contributed by atoms with Gasteiger partial charge >= 0.3 is 5.97 Å². The molecule has 0 amide bonds. The Labute approximate surface area is 131 Å². The molecule has 4 nitrogen and oxygen atoms in total. The van der Waals surface area contributed by atoms with Crippen LogP contribution in [0.2, 0.25) is 0 Å². The number of ether oxygens (including phenoxy) is 2. The van der Waals surface area contributed by atoms with Gasteiger partial charge in [0, 0.05) is 19.6 Å². The van der Waals surface area contributed by atoms with Gasteiger partial charge < -0.3 is 9.47 Å². The quantitative estimate of drug-likeness (QED) is 0.784. The van der Waals surface area contributed by atoms with Crippen LogP contribution >= 0.6 is 0 Å². The lowest BCUT2D eigenvalue weighted by molar-refractivity contribution is -0.0612. The molecule has 1 fully saturated rings. The van der Waals surface area contributed by atoms with E-state index in [1.807, 2.05) is 0 Å². The Kier molecular flexibility index (Phi) is 5.91. The van der Waals surface area contributed by atoms with E-state index in [1.165, 1.54) is 12.1 Å². The molecule has 1 aliphatic rings. The molecule has 0 spiro atoms. The molecule has 1 heterocycles. The molecule has 5 heteroatoms. The summed E-state index contributed by atoms with van der Waals surface area (Å²) in [6, 6.07) is 4.12. The minimum Gasteiger partial charge on any atom is -0.459 e. The predicted octanol–water partition coefficient (Wildman–Crippen LogP) is 2.65. The summed E-state index contributed by atoms with van der Waals surface area (Å²) in [6.45, 7) is 9.64. The smallest absolute Gasteiger partial charge is 0.338 e. The Morgan fingerprint density at radius 2 is 2.27 bits per heavy atom. The Morgan fingerprint density at radius 3 is 3.00 bits per heavy atom. The highest BCUT2D eigenvalue weighted by Crippen LogP contribution is 2.13. The molecule has 0 bridgehead atoms. The first kappa shape index (κ1) is 16.9. The molecule has 1 aromatic rings. The van der Waals surface area contributed by atoms with Crippen LogP contribution in [0.5, 0.6) is 0 Å². The fraction of sp³-hybridized carbons (Fsp3) is 0.588. The fourth-order valence-electron chi connectivity index (χ4n) is 2.62. The summed E-state index contributed by atoms with van der Waals surface area (Å²) in [5.41, 5.74) is 0.979. The van der Waals surface area contributed by atoms with Gasteiger partial charge in [0.15, 0.2) is 0 Å². The first-order chi connectivity index (χ1) is 10.5. The Morgan fingerprint density at radius 1 is 1.50 bits per heavy atom. The molecule has 122 valence electrons. The molecule has 0 aliphatic carbocycles. The molecule has 0 saturated carbocycles. The number of aryl methyl sites for hydroxylation is 1. The van der Waals surface area contributed by atoms with Crippen molar-refractivity contribution in [1.82, 2.24) is 4.90 Å². The molecule has 1 atom stereocenters. The zero-order valence-corrected chi connectivity index (χ0v) is 13.5. The lowest BCUT2D eigenvalue weighted by Gasteiger charge is -2.33. The van der Waals surface area contributed by atoms with E-state index in [4.69, 9.17) is 9.47 Å². The Hall–Kier alpha value is -1.46. The summed E-state index contributed by atoms with van der Waals surface area (Å²) in [5, 5.41) is 0. The first-order valence-electron chi connectivity index (χ1n) is 7.73. The first-order valence-corrected chi connectivity index (χ1v) is 7.73. The van der Waals surface area contributed by atoms with E-state index < -0.39 is 11.8 Å². The van der Waals surface area contributed by atoms with E-state index in [2.05, 4.69) is 18.7 Å². The van der Waals surface area contributed by atoms with E-state index in [-0.39, 0.29) is 18.3 Å². The monoisotopic (exact) mass is 309 g/mol. The van der Waals surface area contributed by atoms with Gasteiger partial charge in [-0.15, -0.1) is 0 Å². The number of hydrogen-bond donors (Lipinski definition) is 0. The summed E-state index contributed by atoms with van der Waals surface area (Å²) in [7, 11) is 0. The van der Waals surface area contributed by atoms with Crippen molar-refractivity contribution < 1.29 is 18.7 Å². The standard InChI is InChI=1S/C17H24FNO3/c1-12(2)9-19-6-7-21-15(10-19)11-22-17(20)16-8-14(18)5-4-13(16)3/h4-5,8,12,15H,6-7,9-11H2,1-3H3. The van der Waals surface area contributed by atoms with Crippen LogP contribution in [-0.4, -0.2) is 49.8 Å². The summed E-state index contributed by atoms with van der Waals surface area (Å²) < 4.78 is 24.2. The normalized spacial score (nSPS) is 19.4. The minimum absolute atomic E-state index is 0.120. The van der Waals surface area contributed by atoms with Gasteiger partial charge in [0.05, 0.1) is 12.2 Å². The third kappa shape index (κ3) is 4.78. The molecule has 1 aliphatic heterocycles. The van der Waals surface area contributed by atoms with Crippen molar-refractivity contribution in [2.45, 2.75) is 26.9 Å². The molecule has 1 saturated heterocycles. The second kappa shape index (κ2) is 7.70. The number of esters is 1. The number of carbonyl (C=O) groups is 1. The van der Waals surface area contributed by atoms with Gasteiger partial charge in [-0.05, 0) is 30.5 Å². The highest BCUT2D eigenvalue weighted by Gasteiger charge is 2.23. The van der Waals surface area contributed by atoms with Crippen molar-refractivity contribution in [1.29, 1.82) is 0 Å². The molecule has 1 unspecified atom stereocenters. The van der Waals surface area contributed by atoms with Crippen LogP contribution in [0.1, 0.15) is 29.8 Å². The second-order valence-corrected chi connectivity index (χ2v) is 6.20. The van der Waals surface area contributed by atoms with Crippen LogP contribution in [0, 0.1) is 18.7 Å². The average molecular weight is 309 g/mol. The molecule has 0 N–H and O–H groups in total. The van der Waals surface area contributed by atoms with E-state index in [0.717, 1.165) is 19.6 Å². The van der Waals surface area contributed by atoms with Gasteiger partial charge in [-0.3, -0.25) is 4.90 Å². The fourth-order valence-corrected chi connectivity index (χ4v) is 2.62. The maximum Gasteiger partial charge on any atom is 0.338 e. The number of rotatable bonds is 5.